The van der Waals surface area contributed by atoms with Crippen molar-refractivity contribution in [2.24, 2.45) is 0 Å². The van der Waals surface area contributed by atoms with Crippen LogP contribution in [0.4, 0.5) is 10.5 Å². The van der Waals surface area contributed by atoms with Gasteiger partial charge < -0.3 is 20.9 Å². The summed E-state index contributed by atoms with van der Waals surface area (Å²) in [6.07, 6.45) is 3.55. The molecule has 3 amide bonds. The van der Waals surface area contributed by atoms with E-state index >= 15 is 0 Å². The Morgan fingerprint density at radius 2 is 1.96 bits per heavy atom. The number of urea groups is 1. The van der Waals surface area contributed by atoms with Crippen molar-refractivity contribution in [3.63, 3.8) is 0 Å². The molecular formula is C17H24N4O2. The van der Waals surface area contributed by atoms with Gasteiger partial charge in [0, 0.05) is 31.4 Å². The van der Waals surface area contributed by atoms with Gasteiger partial charge in [0.2, 0.25) is 5.91 Å². The second kappa shape index (κ2) is 7.35. The molecule has 0 aliphatic carbocycles. The smallest absolute Gasteiger partial charge is 0.315 e. The Kier molecular flexibility index (Phi) is 5.00. The molecule has 6 nitrogen and oxygen atoms in total. The summed E-state index contributed by atoms with van der Waals surface area (Å²) in [6, 6.07) is 9.66. The Bertz CT molecular complexity index is 549. The zero-order valence-corrected chi connectivity index (χ0v) is 13.3. The van der Waals surface area contributed by atoms with E-state index in [9.17, 15) is 9.59 Å². The summed E-state index contributed by atoms with van der Waals surface area (Å²) in [5.74, 6) is -0.0741. The summed E-state index contributed by atoms with van der Waals surface area (Å²) < 4.78 is 0. The molecular weight excluding hydrogens is 292 g/mol. The first-order chi connectivity index (χ1) is 11.2. The first-order valence-corrected chi connectivity index (χ1v) is 8.37. The molecule has 1 aromatic rings. The number of nitrogens with zero attached hydrogens (tertiary/aromatic N) is 1. The van der Waals surface area contributed by atoms with Crippen LogP contribution in [0, 0.1) is 0 Å². The van der Waals surface area contributed by atoms with Gasteiger partial charge in [0.25, 0.3) is 0 Å². The molecule has 0 unspecified atom stereocenters. The SMILES string of the molecule is O=C(N[C@@H]1CCN(c2ccccc2)C1)N[C@@H]1CCCCNC1=O. The van der Waals surface area contributed by atoms with E-state index in [1.807, 2.05) is 18.2 Å². The predicted octanol–water partition coefficient (Wildman–Crippen LogP) is 1.23. The lowest BCUT2D eigenvalue weighted by Crippen LogP contribution is -2.51. The van der Waals surface area contributed by atoms with E-state index in [2.05, 4.69) is 33.0 Å². The van der Waals surface area contributed by atoms with Crippen molar-refractivity contribution in [2.75, 3.05) is 24.5 Å². The van der Waals surface area contributed by atoms with E-state index in [0.717, 1.165) is 32.4 Å². The minimum atomic E-state index is -0.413. The van der Waals surface area contributed by atoms with Crippen LogP contribution in [0.25, 0.3) is 0 Å². The number of para-hydroxylation sites is 1. The van der Waals surface area contributed by atoms with Crippen LogP contribution in [0.15, 0.2) is 30.3 Å². The molecule has 2 heterocycles. The normalized spacial score (nSPS) is 24.7. The van der Waals surface area contributed by atoms with Gasteiger partial charge in [0.1, 0.15) is 6.04 Å². The van der Waals surface area contributed by atoms with Crippen LogP contribution in [-0.2, 0) is 4.79 Å². The number of carbonyl (C=O) groups is 2. The predicted molar refractivity (Wildman–Crippen MR) is 89.4 cm³/mol. The molecule has 0 saturated carbocycles. The van der Waals surface area contributed by atoms with Crippen molar-refractivity contribution in [3.05, 3.63) is 30.3 Å². The monoisotopic (exact) mass is 316 g/mol. The highest BCUT2D eigenvalue weighted by atomic mass is 16.2. The van der Waals surface area contributed by atoms with Gasteiger partial charge >= 0.3 is 6.03 Å². The van der Waals surface area contributed by atoms with Crippen LogP contribution >= 0.6 is 0 Å². The number of nitrogens with one attached hydrogen (secondary N) is 3. The van der Waals surface area contributed by atoms with Gasteiger partial charge in [-0.1, -0.05) is 18.2 Å². The maximum absolute atomic E-state index is 12.1. The molecule has 2 aliphatic rings. The van der Waals surface area contributed by atoms with E-state index in [4.69, 9.17) is 0 Å². The first-order valence-electron chi connectivity index (χ1n) is 8.37. The van der Waals surface area contributed by atoms with Crippen molar-refractivity contribution < 1.29 is 9.59 Å². The van der Waals surface area contributed by atoms with Crippen molar-refractivity contribution in [1.29, 1.82) is 0 Å². The number of amides is 3. The summed E-state index contributed by atoms with van der Waals surface area (Å²) in [4.78, 5) is 26.3. The third-order valence-corrected chi connectivity index (χ3v) is 4.49. The number of benzene rings is 1. The van der Waals surface area contributed by atoms with Crippen molar-refractivity contribution in [3.8, 4) is 0 Å². The molecule has 0 radical (unpaired) electrons. The van der Waals surface area contributed by atoms with Crippen LogP contribution in [0.1, 0.15) is 25.7 Å². The van der Waals surface area contributed by atoms with Gasteiger partial charge in [0.05, 0.1) is 0 Å². The fraction of sp³-hybridized carbons (Fsp3) is 0.529. The molecule has 23 heavy (non-hydrogen) atoms. The molecule has 2 fully saturated rings. The van der Waals surface area contributed by atoms with Gasteiger partial charge in [-0.15, -0.1) is 0 Å². The van der Waals surface area contributed by atoms with Crippen LogP contribution in [0.5, 0.6) is 0 Å². The first kappa shape index (κ1) is 15.6. The molecule has 2 aliphatic heterocycles. The van der Waals surface area contributed by atoms with Crippen LogP contribution in [0.3, 0.4) is 0 Å². The lowest BCUT2D eigenvalue weighted by molar-refractivity contribution is -0.122. The number of carbonyl (C=O) groups excluding carboxylic acids is 2. The molecule has 0 aromatic heterocycles. The van der Waals surface area contributed by atoms with Crippen LogP contribution in [0.2, 0.25) is 0 Å². The second-order valence-electron chi connectivity index (χ2n) is 6.22. The topological polar surface area (TPSA) is 73.5 Å². The second-order valence-corrected chi connectivity index (χ2v) is 6.22. The van der Waals surface area contributed by atoms with E-state index in [1.54, 1.807) is 0 Å². The summed E-state index contributed by atoms with van der Waals surface area (Å²) in [6.45, 7) is 2.43. The minimum Gasteiger partial charge on any atom is -0.369 e. The Hall–Kier alpha value is -2.24. The number of rotatable bonds is 3. The molecule has 2 saturated heterocycles. The zero-order chi connectivity index (χ0) is 16.1. The van der Waals surface area contributed by atoms with Gasteiger partial charge in [-0.05, 0) is 37.8 Å². The quantitative estimate of drug-likeness (QED) is 0.785. The standard InChI is InChI=1S/C17H24N4O2/c22-16-15(8-4-5-10-18-16)20-17(23)19-13-9-11-21(12-13)14-6-2-1-3-7-14/h1-3,6-7,13,15H,4-5,8-12H2,(H,18,22)(H2,19,20,23)/t13-,15-/m1/s1. The molecule has 0 bridgehead atoms. The molecule has 3 N–H and O–H groups in total. The van der Waals surface area contributed by atoms with E-state index in [0.29, 0.717) is 13.0 Å². The molecule has 2 atom stereocenters. The molecule has 6 heteroatoms. The molecule has 0 spiro atoms. The van der Waals surface area contributed by atoms with Crippen molar-refractivity contribution in [1.82, 2.24) is 16.0 Å². The van der Waals surface area contributed by atoms with E-state index in [-0.39, 0.29) is 18.0 Å². The molecule has 124 valence electrons. The van der Waals surface area contributed by atoms with Gasteiger partial charge in [0.15, 0.2) is 0 Å². The lowest BCUT2D eigenvalue weighted by atomic mass is 10.1. The Balaban J connectivity index is 1.48. The highest BCUT2D eigenvalue weighted by Gasteiger charge is 2.26. The lowest BCUT2D eigenvalue weighted by Gasteiger charge is -2.20. The summed E-state index contributed by atoms with van der Waals surface area (Å²) >= 11 is 0. The number of anilines is 1. The van der Waals surface area contributed by atoms with Crippen LogP contribution in [-0.4, -0.2) is 43.7 Å². The zero-order valence-electron chi connectivity index (χ0n) is 13.3. The van der Waals surface area contributed by atoms with Gasteiger partial charge in [-0.2, -0.15) is 0 Å². The highest BCUT2D eigenvalue weighted by molar-refractivity contribution is 5.87. The maximum atomic E-state index is 12.1. The minimum absolute atomic E-state index is 0.0741. The Morgan fingerprint density at radius 1 is 1.13 bits per heavy atom. The van der Waals surface area contributed by atoms with Crippen LogP contribution < -0.4 is 20.9 Å². The fourth-order valence-corrected chi connectivity index (χ4v) is 3.21. The number of hydrogen-bond acceptors (Lipinski definition) is 3. The highest BCUT2D eigenvalue weighted by Crippen LogP contribution is 2.19. The summed E-state index contributed by atoms with van der Waals surface area (Å²) in [7, 11) is 0. The molecule has 3 rings (SSSR count). The van der Waals surface area contributed by atoms with Gasteiger partial charge in [-0.25, -0.2) is 4.79 Å². The largest absolute Gasteiger partial charge is 0.369 e. The average molecular weight is 316 g/mol. The van der Waals surface area contributed by atoms with E-state index in [1.165, 1.54) is 5.69 Å². The maximum Gasteiger partial charge on any atom is 0.315 e. The van der Waals surface area contributed by atoms with Crippen molar-refractivity contribution in [2.45, 2.75) is 37.8 Å². The summed E-state index contributed by atoms with van der Waals surface area (Å²) in [5.41, 5.74) is 1.18. The van der Waals surface area contributed by atoms with Crippen molar-refractivity contribution >= 4 is 17.6 Å². The number of hydrogen-bond donors (Lipinski definition) is 3. The van der Waals surface area contributed by atoms with Gasteiger partial charge in [-0.3, -0.25) is 4.79 Å². The average Bonchev–Trinajstić information content (AvgIpc) is 2.93. The third-order valence-electron chi connectivity index (χ3n) is 4.49. The van der Waals surface area contributed by atoms with E-state index < -0.39 is 6.04 Å². The fourth-order valence-electron chi connectivity index (χ4n) is 3.21. The Morgan fingerprint density at radius 3 is 2.78 bits per heavy atom. The third kappa shape index (κ3) is 4.15. The Labute approximate surface area is 136 Å². The summed E-state index contributed by atoms with van der Waals surface area (Å²) in [5, 5.41) is 8.64. The molecule has 1 aromatic carbocycles.